The second kappa shape index (κ2) is 13.6. The van der Waals surface area contributed by atoms with Crippen LogP contribution >= 0.6 is 0 Å². The zero-order chi connectivity index (χ0) is 27.6. The van der Waals surface area contributed by atoms with E-state index in [4.69, 9.17) is 9.26 Å². The molecule has 3 N–H and O–H groups in total. The minimum absolute atomic E-state index is 0.0138. The molecule has 0 saturated carbocycles. The highest BCUT2D eigenvalue weighted by atomic mass is 19.1. The lowest BCUT2D eigenvalue weighted by Crippen LogP contribution is -2.48. The minimum Gasteiger partial charge on any atom is -0.471 e. The Labute approximate surface area is 225 Å². The Bertz CT molecular complexity index is 1340. The molecule has 0 aliphatic heterocycles. The van der Waals surface area contributed by atoms with E-state index in [2.05, 4.69) is 28.8 Å². The number of halogens is 2. The van der Waals surface area contributed by atoms with E-state index in [0.29, 0.717) is 6.54 Å². The van der Waals surface area contributed by atoms with Crippen LogP contribution in [-0.2, 0) is 26.0 Å². The Kier molecular flexibility index (Phi) is 9.77. The number of carbonyl (C=O) groups excluding carboxylic acids is 1. The van der Waals surface area contributed by atoms with Gasteiger partial charge in [-0.2, -0.15) is 0 Å². The number of aryl methyl sites for hydroxylation is 1. The van der Waals surface area contributed by atoms with Crippen molar-refractivity contribution < 1.29 is 27.9 Å². The molecule has 0 fully saturated rings. The monoisotopic (exact) mass is 535 g/mol. The average Bonchev–Trinajstić information content (AvgIpc) is 3.41. The number of aromatic nitrogens is 1. The fourth-order valence-corrected chi connectivity index (χ4v) is 4.14. The van der Waals surface area contributed by atoms with Crippen molar-refractivity contribution in [2.75, 3.05) is 6.54 Å². The van der Waals surface area contributed by atoms with Crippen LogP contribution < -0.4 is 15.4 Å². The number of benzene rings is 3. The number of hydrogen-bond donors (Lipinski definition) is 3. The summed E-state index contributed by atoms with van der Waals surface area (Å²) in [5.74, 6) is -2.12. The fourth-order valence-electron chi connectivity index (χ4n) is 4.14. The van der Waals surface area contributed by atoms with Crippen molar-refractivity contribution in [1.29, 1.82) is 0 Å². The van der Waals surface area contributed by atoms with Gasteiger partial charge in [0.25, 0.3) is 11.8 Å². The third kappa shape index (κ3) is 8.46. The van der Waals surface area contributed by atoms with Crippen LogP contribution in [0.25, 0.3) is 0 Å². The van der Waals surface area contributed by atoms with E-state index in [1.54, 1.807) is 0 Å². The molecular formula is C30H31F2N3O4. The normalized spacial score (nSPS) is 12.6. The molecule has 0 spiro atoms. The minimum atomic E-state index is -1.08. The summed E-state index contributed by atoms with van der Waals surface area (Å²) >= 11 is 0. The molecule has 7 nitrogen and oxygen atoms in total. The number of hydrogen-bond acceptors (Lipinski definition) is 6. The number of carbonyl (C=O) groups is 1. The first-order valence-electron chi connectivity index (χ1n) is 12.8. The predicted octanol–water partition coefficient (Wildman–Crippen LogP) is 4.59. The molecule has 39 heavy (non-hydrogen) atoms. The number of amides is 1. The van der Waals surface area contributed by atoms with Crippen LogP contribution in [0.4, 0.5) is 8.78 Å². The van der Waals surface area contributed by atoms with Crippen molar-refractivity contribution in [2.45, 2.75) is 45.1 Å². The van der Waals surface area contributed by atoms with E-state index in [1.165, 1.54) is 23.8 Å². The Morgan fingerprint density at radius 3 is 2.41 bits per heavy atom. The predicted molar refractivity (Wildman–Crippen MR) is 142 cm³/mol. The number of aliphatic hydroxyl groups excluding tert-OH is 1. The first kappa shape index (κ1) is 27.9. The van der Waals surface area contributed by atoms with Gasteiger partial charge in [0, 0.05) is 19.2 Å². The van der Waals surface area contributed by atoms with Gasteiger partial charge in [-0.3, -0.25) is 4.79 Å². The van der Waals surface area contributed by atoms with Crippen LogP contribution in [0.5, 0.6) is 5.88 Å². The summed E-state index contributed by atoms with van der Waals surface area (Å²) in [4.78, 5) is 13.0. The Morgan fingerprint density at radius 2 is 1.67 bits per heavy atom. The molecule has 0 aliphatic carbocycles. The van der Waals surface area contributed by atoms with Gasteiger partial charge < -0.3 is 25.0 Å². The SMILES string of the molecule is CCc1cccc(CNC[C@@H](O)[C@H](Cc2cc(F)cc(F)c2)NC(=O)c2cc(OCc3ccccc3)no2)c1. The molecule has 1 heterocycles. The summed E-state index contributed by atoms with van der Waals surface area (Å²) in [6.07, 6.45) is -0.179. The van der Waals surface area contributed by atoms with Crippen LogP contribution in [0.3, 0.4) is 0 Å². The Hall–Kier alpha value is -4.08. The maximum atomic E-state index is 13.8. The van der Waals surface area contributed by atoms with Gasteiger partial charge in [-0.1, -0.05) is 61.5 Å². The van der Waals surface area contributed by atoms with E-state index in [9.17, 15) is 18.7 Å². The van der Waals surface area contributed by atoms with Crippen molar-refractivity contribution in [3.63, 3.8) is 0 Å². The lowest BCUT2D eigenvalue weighted by Gasteiger charge is -2.24. The van der Waals surface area contributed by atoms with Crippen LogP contribution in [0.1, 0.15) is 39.7 Å². The highest BCUT2D eigenvalue weighted by molar-refractivity contribution is 5.91. The summed E-state index contributed by atoms with van der Waals surface area (Å²) in [6, 6.07) is 21.1. The quantitative estimate of drug-likeness (QED) is 0.232. The molecule has 0 bridgehead atoms. The molecule has 204 valence electrons. The van der Waals surface area contributed by atoms with Crippen LogP contribution in [0.15, 0.2) is 83.4 Å². The zero-order valence-electron chi connectivity index (χ0n) is 21.6. The third-order valence-electron chi connectivity index (χ3n) is 6.18. The van der Waals surface area contributed by atoms with Crippen molar-refractivity contribution in [3.05, 3.63) is 119 Å². The summed E-state index contributed by atoms with van der Waals surface area (Å²) < 4.78 is 38.4. The molecule has 9 heteroatoms. The summed E-state index contributed by atoms with van der Waals surface area (Å²) in [6.45, 7) is 2.95. The largest absolute Gasteiger partial charge is 0.471 e. The summed E-state index contributed by atoms with van der Waals surface area (Å²) in [7, 11) is 0. The highest BCUT2D eigenvalue weighted by Gasteiger charge is 2.25. The van der Waals surface area contributed by atoms with Crippen LogP contribution in [-0.4, -0.2) is 34.9 Å². The van der Waals surface area contributed by atoms with E-state index >= 15 is 0 Å². The lowest BCUT2D eigenvalue weighted by molar-refractivity contribution is 0.0796. The number of aliphatic hydroxyl groups is 1. The third-order valence-corrected chi connectivity index (χ3v) is 6.18. The number of rotatable bonds is 13. The van der Waals surface area contributed by atoms with Crippen molar-refractivity contribution >= 4 is 5.91 Å². The second-order valence-corrected chi connectivity index (χ2v) is 9.24. The van der Waals surface area contributed by atoms with Crippen molar-refractivity contribution in [1.82, 2.24) is 15.8 Å². The van der Waals surface area contributed by atoms with Gasteiger partial charge in [0.05, 0.1) is 18.2 Å². The molecule has 1 amide bonds. The summed E-state index contributed by atoms with van der Waals surface area (Å²) in [5, 5.41) is 20.6. The molecular weight excluding hydrogens is 504 g/mol. The molecule has 3 aromatic carbocycles. The smallest absolute Gasteiger partial charge is 0.290 e. The molecule has 0 aliphatic rings. The van der Waals surface area contributed by atoms with Crippen molar-refractivity contribution in [2.24, 2.45) is 0 Å². The Balaban J connectivity index is 1.41. The molecule has 4 aromatic rings. The second-order valence-electron chi connectivity index (χ2n) is 9.24. The molecule has 2 atom stereocenters. The standard InChI is InChI=1S/C30H31F2N3O4/c1-2-20-9-6-10-22(11-20)17-33-18-27(36)26(14-23-12-24(31)15-25(32)13-23)34-30(37)28-16-29(35-39-28)38-19-21-7-4-3-5-8-21/h3-13,15-16,26-27,33,36H,2,14,17-19H2,1H3,(H,34,37)/t26-,27+/m0/s1. The van der Waals surface area contributed by atoms with Gasteiger partial charge in [0.2, 0.25) is 5.76 Å². The first-order chi connectivity index (χ1) is 18.9. The summed E-state index contributed by atoms with van der Waals surface area (Å²) in [5.41, 5.74) is 3.47. The maximum absolute atomic E-state index is 13.8. The topological polar surface area (TPSA) is 96.6 Å². The Morgan fingerprint density at radius 1 is 0.949 bits per heavy atom. The lowest BCUT2D eigenvalue weighted by atomic mass is 10.00. The molecule has 0 radical (unpaired) electrons. The van der Waals surface area contributed by atoms with Crippen LogP contribution in [0, 0.1) is 11.6 Å². The van der Waals surface area contributed by atoms with Gasteiger partial charge in [0.15, 0.2) is 0 Å². The maximum Gasteiger partial charge on any atom is 0.290 e. The number of nitrogens with zero attached hydrogens (tertiary/aromatic N) is 1. The highest BCUT2D eigenvalue weighted by Crippen LogP contribution is 2.16. The van der Waals surface area contributed by atoms with E-state index in [-0.39, 0.29) is 36.8 Å². The fraction of sp³-hybridized carbons (Fsp3) is 0.267. The van der Waals surface area contributed by atoms with Crippen molar-refractivity contribution in [3.8, 4) is 5.88 Å². The van der Waals surface area contributed by atoms with Gasteiger partial charge in [-0.05, 0) is 52.4 Å². The molecule has 1 aromatic heterocycles. The average molecular weight is 536 g/mol. The van der Waals surface area contributed by atoms with Gasteiger partial charge in [-0.25, -0.2) is 8.78 Å². The van der Waals surface area contributed by atoms with E-state index in [1.807, 2.05) is 48.5 Å². The number of nitrogens with one attached hydrogen (secondary N) is 2. The first-order valence-corrected chi connectivity index (χ1v) is 12.8. The van der Waals surface area contributed by atoms with Gasteiger partial charge in [0.1, 0.15) is 18.2 Å². The van der Waals surface area contributed by atoms with Gasteiger partial charge in [-0.15, -0.1) is 0 Å². The van der Waals surface area contributed by atoms with Gasteiger partial charge >= 0.3 is 0 Å². The van der Waals surface area contributed by atoms with E-state index < -0.39 is 29.7 Å². The molecule has 4 rings (SSSR count). The molecule has 0 saturated heterocycles. The number of ether oxygens (including phenoxy) is 1. The van der Waals surface area contributed by atoms with Crippen LogP contribution in [0.2, 0.25) is 0 Å². The zero-order valence-corrected chi connectivity index (χ0v) is 21.6. The van der Waals surface area contributed by atoms with E-state index in [0.717, 1.165) is 23.6 Å². The molecule has 0 unspecified atom stereocenters.